The number of hydrogen-bond donors (Lipinski definition) is 0. The minimum Gasteiger partial charge on any atom is -0.345 e. The predicted octanol–water partition coefficient (Wildman–Crippen LogP) is 1.73. The number of carbonyl (C=O) groups excluding carboxylic acids is 1. The molecule has 1 saturated heterocycles. The molecular formula is C14H25N3O. The fraction of sp³-hybridized carbons (Fsp3) is 0.857. The molecule has 0 aromatic heterocycles. The van der Waals surface area contributed by atoms with Gasteiger partial charge in [0.25, 0.3) is 0 Å². The van der Waals surface area contributed by atoms with Crippen molar-refractivity contribution in [3.05, 3.63) is 0 Å². The maximum Gasteiger partial charge on any atom is 0.223 e. The van der Waals surface area contributed by atoms with Crippen LogP contribution in [-0.2, 0) is 4.79 Å². The van der Waals surface area contributed by atoms with Crippen molar-refractivity contribution in [1.29, 1.82) is 5.26 Å². The third-order valence-electron chi connectivity index (χ3n) is 3.88. The SMILES string of the molecule is CC(C)C1CCN(CCC(=O)N(C)CCC#N)C1. The van der Waals surface area contributed by atoms with Crippen LogP contribution in [0.3, 0.4) is 0 Å². The summed E-state index contributed by atoms with van der Waals surface area (Å²) in [5.74, 6) is 1.68. The summed E-state index contributed by atoms with van der Waals surface area (Å²) in [6.45, 7) is 8.21. The molecule has 0 aromatic rings. The van der Waals surface area contributed by atoms with Gasteiger partial charge >= 0.3 is 0 Å². The van der Waals surface area contributed by atoms with Gasteiger partial charge in [-0.25, -0.2) is 0 Å². The van der Waals surface area contributed by atoms with Crippen LogP contribution in [0.1, 0.15) is 33.1 Å². The third-order valence-corrected chi connectivity index (χ3v) is 3.88. The van der Waals surface area contributed by atoms with E-state index in [0.29, 0.717) is 19.4 Å². The van der Waals surface area contributed by atoms with Gasteiger partial charge in [0, 0.05) is 33.1 Å². The second-order valence-corrected chi connectivity index (χ2v) is 5.57. The summed E-state index contributed by atoms with van der Waals surface area (Å²) in [5.41, 5.74) is 0. The van der Waals surface area contributed by atoms with Gasteiger partial charge in [0.05, 0.1) is 12.5 Å². The Labute approximate surface area is 111 Å². The Bertz CT molecular complexity index is 309. The van der Waals surface area contributed by atoms with E-state index in [-0.39, 0.29) is 5.91 Å². The fourth-order valence-electron chi connectivity index (χ4n) is 2.40. The highest BCUT2D eigenvalue weighted by molar-refractivity contribution is 5.76. The van der Waals surface area contributed by atoms with E-state index in [1.165, 1.54) is 6.42 Å². The average molecular weight is 251 g/mol. The van der Waals surface area contributed by atoms with Gasteiger partial charge in [-0.15, -0.1) is 0 Å². The highest BCUT2D eigenvalue weighted by atomic mass is 16.2. The van der Waals surface area contributed by atoms with Crippen molar-refractivity contribution in [1.82, 2.24) is 9.80 Å². The zero-order valence-corrected chi connectivity index (χ0v) is 11.9. The van der Waals surface area contributed by atoms with Crippen LogP contribution in [0.2, 0.25) is 0 Å². The van der Waals surface area contributed by atoms with Gasteiger partial charge in [0.15, 0.2) is 0 Å². The van der Waals surface area contributed by atoms with E-state index in [2.05, 4.69) is 24.8 Å². The standard InChI is InChI=1S/C14H25N3O/c1-12(2)13-5-9-17(11-13)10-6-14(18)16(3)8-4-7-15/h12-13H,4-6,8-11H2,1-3H3. The van der Waals surface area contributed by atoms with E-state index in [0.717, 1.165) is 31.5 Å². The van der Waals surface area contributed by atoms with E-state index in [1.807, 2.05) is 0 Å². The van der Waals surface area contributed by atoms with Crippen LogP contribution < -0.4 is 0 Å². The molecule has 0 aromatic carbocycles. The van der Waals surface area contributed by atoms with Crippen molar-refractivity contribution in [3.8, 4) is 6.07 Å². The lowest BCUT2D eigenvalue weighted by molar-refractivity contribution is -0.130. The summed E-state index contributed by atoms with van der Waals surface area (Å²) in [7, 11) is 1.78. The number of nitrogens with zero attached hydrogens (tertiary/aromatic N) is 3. The lowest BCUT2D eigenvalue weighted by atomic mass is 9.95. The molecule has 1 atom stereocenters. The van der Waals surface area contributed by atoms with Gasteiger partial charge in [0.1, 0.15) is 0 Å². The summed E-state index contributed by atoms with van der Waals surface area (Å²) in [6, 6.07) is 2.06. The van der Waals surface area contributed by atoms with E-state index >= 15 is 0 Å². The van der Waals surface area contributed by atoms with Crippen molar-refractivity contribution in [2.75, 3.05) is 33.2 Å². The van der Waals surface area contributed by atoms with Crippen molar-refractivity contribution in [2.45, 2.75) is 33.1 Å². The molecule has 0 radical (unpaired) electrons. The predicted molar refractivity (Wildman–Crippen MR) is 71.9 cm³/mol. The first-order valence-electron chi connectivity index (χ1n) is 6.88. The maximum absolute atomic E-state index is 11.8. The molecular weight excluding hydrogens is 226 g/mol. The second kappa shape index (κ2) is 7.38. The topological polar surface area (TPSA) is 47.3 Å². The molecule has 1 unspecified atom stereocenters. The molecule has 1 aliphatic heterocycles. The Morgan fingerprint density at radius 1 is 1.56 bits per heavy atom. The molecule has 102 valence electrons. The average Bonchev–Trinajstić information content (AvgIpc) is 2.81. The van der Waals surface area contributed by atoms with Crippen molar-refractivity contribution >= 4 is 5.91 Å². The fourth-order valence-corrected chi connectivity index (χ4v) is 2.40. The van der Waals surface area contributed by atoms with Gasteiger partial charge in [-0.2, -0.15) is 5.26 Å². The first kappa shape index (κ1) is 15.0. The molecule has 1 amide bonds. The Kier molecular flexibility index (Phi) is 6.14. The quantitative estimate of drug-likeness (QED) is 0.722. The number of carbonyl (C=O) groups is 1. The molecule has 0 N–H and O–H groups in total. The second-order valence-electron chi connectivity index (χ2n) is 5.57. The van der Waals surface area contributed by atoms with Gasteiger partial charge in [-0.3, -0.25) is 4.79 Å². The Hall–Kier alpha value is -1.08. The summed E-state index contributed by atoms with van der Waals surface area (Å²) in [6.07, 6.45) is 2.25. The van der Waals surface area contributed by atoms with Gasteiger partial charge < -0.3 is 9.80 Å². The molecule has 1 heterocycles. The zero-order valence-electron chi connectivity index (χ0n) is 11.9. The molecule has 1 aliphatic rings. The van der Waals surface area contributed by atoms with Crippen molar-refractivity contribution in [3.63, 3.8) is 0 Å². The lowest BCUT2D eigenvalue weighted by Crippen LogP contribution is -2.32. The van der Waals surface area contributed by atoms with E-state index in [1.54, 1.807) is 11.9 Å². The number of amides is 1. The molecule has 0 spiro atoms. The summed E-state index contributed by atoms with van der Waals surface area (Å²) in [5, 5.41) is 8.48. The van der Waals surface area contributed by atoms with Gasteiger partial charge in [-0.05, 0) is 24.8 Å². The molecule has 0 saturated carbocycles. The van der Waals surface area contributed by atoms with Crippen LogP contribution in [0.25, 0.3) is 0 Å². The Morgan fingerprint density at radius 3 is 2.83 bits per heavy atom. The zero-order chi connectivity index (χ0) is 13.5. The minimum atomic E-state index is 0.151. The largest absolute Gasteiger partial charge is 0.345 e. The van der Waals surface area contributed by atoms with E-state index in [9.17, 15) is 4.79 Å². The lowest BCUT2D eigenvalue weighted by Gasteiger charge is -2.20. The minimum absolute atomic E-state index is 0.151. The van der Waals surface area contributed by atoms with E-state index in [4.69, 9.17) is 5.26 Å². The maximum atomic E-state index is 11.8. The van der Waals surface area contributed by atoms with Crippen molar-refractivity contribution < 1.29 is 4.79 Å². The molecule has 1 fully saturated rings. The highest BCUT2D eigenvalue weighted by Gasteiger charge is 2.25. The smallest absolute Gasteiger partial charge is 0.223 e. The van der Waals surface area contributed by atoms with Crippen LogP contribution in [0.15, 0.2) is 0 Å². The monoisotopic (exact) mass is 251 g/mol. The third kappa shape index (κ3) is 4.66. The Balaban J connectivity index is 2.21. The van der Waals surface area contributed by atoms with Crippen LogP contribution in [-0.4, -0.2) is 48.9 Å². The molecule has 1 rings (SSSR count). The molecule has 4 heteroatoms. The number of nitriles is 1. The molecule has 18 heavy (non-hydrogen) atoms. The van der Waals surface area contributed by atoms with Gasteiger partial charge in [-0.1, -0.05) is 13.8 Å². The first-order valence-corrected chi connectivity index (χ1v) is 6.88. The van der Waals surface area contributed by atoms with Gasteiger partial charge in [0.2, 0.25) is 5.91 Å². The summed E-state index contributed by atoms with van der Waals surface area (Å²) in [4.78, 5) is 15.9. The van der Waals surface area contributed by atoms with E-state index < -0.39 is 0 Å². The normalized spacial score (nSPS) is 20.1. The van der Waals surface area contributed by atoms with Crippen LogP contribution in [0, 0.1) is 23.2 Å². The van der Waals surface area contributed by atoms with Crippen LogP contribution in [0.4, 0.5) is 0 Å². The number of hydrogen-bond acceptors (Lipinski definition) is 3. The van der Waals surface area contributed by atoms with Crippen LogP contribution in [0.5, 0.6) is 0 Å². The summed E-state index contributed by atoms with van der Waals surface area (Å²) >= 11 is 0. The number of rotatable bonds is 6. The molecule has 4 nitrogen and oxygen atoms in total. The van der Waals surface area contributed by atoms with Crippen molar-refractivity contribution in [2.24, 2.45) is 11.8 Å². The summed E-state index contributed by atoms with van der Waals surface area (Å²) < 4.78 is 0. The Morgan fingerprint density at radius 2 is 2.28 bits per heavy atom. The highest BCUT2D eigenvalue weighted by Crippen LogP contribution is 2.23. The number of likely N-dealkylation sites (tertiary alicyclic amines) is 1. The van der Waals surface area contributed by atoms with Crippen LogP contribution >= 0.6 is 0 Å². The first-order chi connectivity index (χ1) is 8.54. The molecule has 0 bridgehead atoms. The molecule has 0 aliphatic carbocycles.